The van der Waals surface area contributed by atoms with E-state index in [2.05, 4.69) is 5.32 Å². The van der Waals surface area contributed by atoms with Gasteiger partial charge in [0.25, 0.3) is 0 Å². The zero-order valence-electron chi connectivity index (χ0n) is 19.4. The number of benzene rings is 2. The van der Waals surface area contributed by atoms with E-state index in [1.165, 1.54) is 68.0 Å². The van der Waals surface area contributed by atoms with Crippen LogP contribution < -0.4 is 14.8 Å². The van der Waals surface area contributed by atoms with Crippen molar-refractivity contribution in [2.75, 3.05) is 46.2 Å². The van der Waals surface area contributed by atoms with Crippen molar-refractivity contribution in [3.63, 3.8) is 0 Å². The summed E-state index contributed by atoms with van der Waals surface area (Å²) >= 11 is 0. The van der Waals surface area contributed by atoms with Gasteiger partial charge < -0.3 is 14.8 Å². The Labute approximate surface area is 200 Å². The summed E-state index contributed by atoms with van der Waals surface area (Å²) in [5.74, 6) is 0.114. The van der Waals surface area contributed by atoms with Crippen molar-refractivity contribution >= 4 is 31.6 Å². The topological polar surface area (TPSA) is 122 Å². The van der Waals surface area contributed by atoms with Gasteiger partial charge >= 0.3 is 0 Å². The number of carbonyl (C=O) groups excluding carboxylic acids is 1. The molecule has 10 nitrogen and oxygen atoms in total. The van der Waals surface area contributed by atoms with E-state index in [-0.39, 0.29) is 21.2 Å². The van der Waals surface area contributed by atoms with Gasteiger partial charge in [0.15, 0.2) is 0 Å². The number of rotatable bonds is 9. The minimum atomic E-state index is -3.93. The molecule has 0 spiro atoms. The molecule has 1 heterocycles. The second-order valence-corrected chi connectivity index (χ2v) is 11.8. The van der Waals surface area contributed by atoms with Crippen molar-refractivity contribution in [1.82, 2.24) is 8.61 Å². The fourth-order valence-electron chi connectivity index (χ4n) is 3.60. The number of carbonyl (C=O) groups is 1. The molecule has 0 aliphatic carbocycles. The molecule has 2 aromatic rings. The lowest BCUT2D eigenvalue weighted by molar-refractivity contribution is -0.116. The molecule has 0 unspecified atom stereocenters. The summed E-state index contributed by atoms with van der Waals surface area (Å²) in [6.07, 6.45) is 2.59. The van der Waals surface area contributed by atoms with E-state index >= 15 is 0 Å². The first-order chi connectivity index (χ1) is 16.1. The molecule has 2 aromatic carbocycles. The van der Waals surface area contributed by atoms with Gasteiger partial charge in [0.05, 0.1) is 36.2 Å². The molecule has 0 saturated carbocycles. The van der Waals surface area contributed by atoms with Gasteiger partial charge in [0.2, 0.25) is 26.0 Å². The number of hydrogen-bond donors (Lipinski definition) is 1. The fraction of sp³-hybridized carbons (Fsp3) is 0.409. The number of hydrogen-bond acceptors (Lipinski definition) is 7. The second-order valence-electron chi connectivity index (χ2n) is 7.81. The van der Waals surface area contributed by atoms with Gasteiger partial charge in [-0.25, -0.2) is 16.8 Å². The average Bonchev–Trinajstić information content (AvgIpc) is 2.84. The predicted molar refractivity (Wildman–Crippen MR) is 127 cm³/mol. The number of likely N-dealkylation sites (N-methyl/N-ethyl adjacent to an activating group) is 1. The van der Waals surface area contributed by atoms with Gasteiger partial charge in [-0.15, -0.1) is 0 Å². The third kappa shape index (κ3) is 5.69. The normalized spacial score (nSPS) is 15.2. The largest absolute Gasteiger partial charge is 0.497 e. The van der Waals surface area contributed by atoms with Crippen LogP contribution in [0.2, 0.25) is 0 Å². The van der Waals surface area contributed by atoms with Crippen LogP contribution in [0.15, 0.2) is 52.3 Å². The summed E-state index contributed by atoms with van der Waals surface area (Å²) in [5, 5.41) is 2.58. The van der Waals surface area contributed by atoms with Crippen LogP contribution in [0.1, 0.15) is 19.3 Å². The zero-order valence-corrected chi connectivity index (χ0v) is 21.0. The van der Waals surface area contributed by atoms with Crippen LogP contribution in [0.5, 0.6) is 11.5 Å². The van der Waals surface area contributed by atoms with Gasteiger partial charge in [0, 0.05) is 20.1 Å². The van der Waals surface area contributed by atoms with Crippen LogP contribution in [0.4, 0.5) is 5.69 Å². The number of ether oxygens (including phenoxy) is 2. The Balaban J connectivity index is 1.77. The molecule has 12 heteroatoms. The summed E-state index contributed by atoms with van der Waals surface area (Å²) in [4.78, 5) is 12.7. The standard InChI is InChI=1S/C22H29N3O7S2/c1-24(33(27,28)18-9-7-17(31-2)8-10-18)16-22(26)23-20-15-19(11-12-21(20)32-3)34(29,30)25-13-5-4-6-14-25/h7-12,15H,4-6,13-14,16H2,1-3H3,(H,23,26). The summed E-state index contributed by atoms with van der Waals surface area (Å²) in [6, 6.07) is 10.0. The number of nitrogens with one attached hydrogen (secondary N) is 1. The minimum Gasteiger partial charge on any atom is -0.497 e. The average molecular weight is 512 g/mol. The molecule has 186 valence electrons. The third-order valence-electron chi connectivity index (χ3n) is 5.53. The number of anilines is 1. The molecule has 0 aromatic heterocycles. The maximum absolute atomic E-state index is 13.0. The Bertz CT molecular complexity index is 1220. The third-order valence-corrected chi connectivity index (χ3v) is 9.24. The SMILES string of the molecule is COc1ccc(S(=O)(=O)N(C)CC(=O)Nc2cc(S(=O)(=O)N3CCCCC3)ccc2OC)cc1. The molecule has 1 amide bonds. The van der Waals surface area contributed by atoms with E-state index in [4.69, 9.17) is 9.47 Å². The van der Waals surface area contributed by atoms with Crippen LogP contribution in [-0.4, -0.2) is 72.3 Å². The molecule has 1 aliphatic rings. The van der Waals surface area contributed by atoms with Crippen molar-refractivity contribution < 1.29 is 31.1 Å². The Morgan fingerprint density at radius 3 is 2.15 bits per heavy atom. The highest BCUT2D eigenvalue weighted by Gasteiger charge is 2.28. The van der Waals surface area contributed by atoms with Crippen LogP contribution in [0.25, 0.3) is 0 Å². The first-order valence-electron chi connectivity index (χ1n) is 10.7. The second kappa shape index (κ2) is 10.7. The predicted octanol–water partition coefficient (Wildman–Crippen LogP) is 2.14. The van der Waals surface area contributed by atoms with Crippen molar-refractivity contribution in [3.05, 3.63) is 42.5 Å². The summed E-state index contributed by atoms with van der Waals surface area (Å²) in [5.41, 5.74) is 0.140. The fourth-order valence-corrected chi connectivity index (χ4v) is 6.28. The van der Waals surface area contributed by atoms with Crippen molar-refractivity contribution in [2.24, 2.45) is 0 Å². The highest BCUT2D eigenvalue weighted by molar-refractivity contribution is 7.89. The van der Waals surface area contributed by atoms with E-state index in [1.807, 2.05) is 0 Å². The molecule has 0 atom stereocenters. The summed E-state index contributed by atoms with van der Waals surface area (Å²) in [7, 11) is -3.50. The zero-order chi connectivity index (χ0) is 24.9. The molecule has 1 fully saturated rings. The Kier molecular flexibility index (Phi) is 8.18. The maximum Gasteiger partial charge on any atom is 0.243 e. The van der Waals surface area contributed by atoms with E-state index in [0.717, 1.165) is 23.6 Å². The molecule has 34 heavy (non-hydrogen) atoms. The van der Waals surface area contributed by atoms with Crippen LogP contribution >= 0.6 is 0 Å². The highest BCUT2D eigenvalue weighted by atomic mass is 32.2. The smallest absolute Gasteiger partial charge is 0.243 e. The van der Waals surface area contributed by atoms with Crippen molar-refractivity contribution in [1.29, 1.82) is 0 Å². The molecule has 1 aliphatic heterocycles. The van der Waals surface area contributed by atoms with Gasteiger partial charge in [-0.05, 0) is 55.3 Å². The van der Waals surface area contributed by atoms with E-state index < -0.39 is 32.5 Å². The molecule has 0 bridgehead atoms. The molecule has 1 saturated heterocycles. The first kappa shape index (κ1) is 25.9. The quantitative estimate of drug-likeness (QED) is 0.547. The van der Waals surface area contributed by atoms with Crippen LogP contribution in [-0.2, 0) is 24.8 Å². The minimum absolute atomic E-state index is 0.0100. The first-order valence-corrected chi connectivity index (χ1v) is 13.6. The molecule has 3 rings (SSSR count). The van der Waals surface area contributed by atoms with E-state index in [0.29, 0.717) is 18.8 Å². The molecular weight excluding hydrogens is 482 g/mol. The molecule has 0 radical (unpaired) electrons. The lowest BCUT2D eigenvalue weighted by Gasteiger charge is -2.26. The number of nitrogens with zero attached hydrogens (tertiary/aromatic N) is 2. The van der Waals surface area contributed by atoms with E-state index in [1.54, 1.807) is 0 Å². The maximum atomic E-state index is 13.0. The number of piperidine rings is 1. The molecular formula is C22H29N3O7S2. The van der Waals surface area contributed by atoms with Crippen LogP contribution in [0.3, 0.4) is 0 Å². The lowest BCUT2D eigenvalue weighted by atomic mass is 10.2. The number of methoxy groups -OCH3 is 2. The van der Waals surface area contributed by atoms with Gasteiger partial charge in [-0.2, -0.15) is 8.61 Å². The lowest BCUT2D eigenvalue weighted by Crippen LogP contribution is -2.36. The Hall–Kier alpha value is -2.67. The summed E-state index contributed by atoms with van der Waals surface area (Å²) in [6.45, 7) is 0.411. The highest BCUT2D eigenvalue weighted by Crippen LogP contribution is 2.30. The number of amides is 1. The summed E-state index contributed by atoms with van der Waals surface area (Å²) < 4.78 is 64.3. The van der Waals surface area contributed by atoms with Gasteiger partial charge in [0.1, 0.15) is 11.5 Å². The molecule has 1 N–H and O–H groups in total. The van der Waals surface area contributed by atoms with Gasteiger partial charge in [-0.1, -0.05) is 6.42 Å². The van der Waals surface area contributed by atoms with Crippen molar-refractivity contribution in [3.8, 4) is 11.5 Å². The Morgan fingerprint density at radius 1 is 0.941 bits per heavy atom. The van der Waals surface area contributed by atoms with Gasteiger partial charge in [-0.3, -0.25) is 4.79 Å². The number of sulfonamides is 2. The monoisotopic (exact) mass is 511 g/mol. The Morgan fingerprint density at radius 2 is 1.56 bits per heavy atom. The van der Waals surface area contributed by atoms with E-state index in [9.17, 15) is 21.6 Å². The van der Waals surface area contributed by atoms with Crippen molar-refractivity contribution in [2.45, 2.75) is 29.1 Å². The van der Waals surface area contributed by atoms with Crippen LogP contribution in [0, 0.1) is 0 Å².